The highest BCUT2D eigenvalue weighted by Crippen LogP contribution is 2.18. The van der Waals surface area contributed by atoms with Crippen LogP contribution in [0.2, 0.25) is 0 Å². The molecule has 0 unspecified atom stereocenters. The molecule has 0 saturated heterocycles. The fraction of sp³-hybridized carbons (Fsp3) is 0.118. The van der Waals surface area contributed by atoms with Crippen molar-refractivity contribution >= 4 is 27.8 Å². The van der Waals surface area contributed by atoms with Crippen LogP contribution in [0.25, 0.3) is 6.08 Å². The SMILES string of the molecule is COCC(=O)Nc1ccc(OS(=O)(=O)/C=C/c2ccccc2)cc1. The molecule has 0 atom stereocenters. The number of carbonyl (C=O) groups excluding carboxylic acids is 1. The zero-order valence-electron chi connectivity index (χ0n) is 13.0. The van der Waals surface area contributed by atoms with Crippen LogP contribution in [0.15, 0.2) is 60.0 Å². The molecule has 126 valence electrons. The average Bonchev–Trinajstić information content (AvgIpc) is 2.56. The van der Waals surface area contributed by atoms with Crippen molar-refractivity contribution < 1.29 is 22.1 Å². The molecule has 2 rings (SSSR count). The predicted octanol–water partition coefficient (Wildman–Crippen LogP) is 2.65. The molecule has 1 amide bonds. The highest BCUT2D eigenvalue weighted by molar-refractivity contribution is 7.90. The molecular weight excluding hydrogens is 330 g/mol. The van der Waals surface area contributed by atoms with Crippen LogP contribution < -0.4 is 9.50 Å². The van der Waals surface area contributed by atoms with Crippen molar-refractivity contribution in [1.82, 2.24) is 0 Å². The molecular formula is C17H17NO5S. The van der Waals surface area contributed by atoms with Crippen molar-refractivity contribution in [1.29, 1.82) is 0 Å². The van der Waals surface area contributed by atoms with Gasteiger partial charge >= 0.3 is 10.1 Å². The molecule has 0 fully saturated rings. The maximum atomic E-state index is 11.9. The van der Waals surface area contributed by atoms with Gasteiger partial charge in [0.1, 0.15) is 12.4 Å². The van der Waals surface area contributed by atoms with E-state index in [0.717, 1.165) is 11.0 Å². The predicted molar refractivity (Wildman–Crippen MR) is 92.0 cm³/mol. The van der Waals surface area contributed by atoms with E-state index in [1.54, 1.807) is 24.3 Å². The molecule has 0 aromatic heterocycles. The zero-order valence-corrected chi connectivity index (χ0v) is 13.8. The molecule has 0 heterocycles. The van der Waals surface area contributed by atoms with Crippen LogP contribution in [0.4, 0.5) is 5.69 Å². The van der Waals surface area contributed by atoms with Crippen LogP contribution in [0.3, 0.4) is 0 Å². The lowest BCUT2D eigenvalue weighted by molar-refractivity contribution is -0.119. The fourth-order valence-corrected chi connectivity index (χ4v) is 2.57. The van der Waals surface area contributed by atoms with E-state index in [0.29, 0.717) is 5.69 Å². The van der Waals surface area contributed by atoms with Crippen molar-refractivity contribution in [2.45, 2.75) is 0 Å². The number of amides is 1. The number of ether oxygens (including phenoxy) is 1. The second kappa shape index (κ2) is 8.28. The number of hydrogen-bond donors (Lipinski definition) is 1. The highest BCUT2D eigenvalue weighted by atomic mass is 32.2. The minimum absolute atomic E-state index is 0.0586. The van der Waals surface area contributed by atoms with E-state index in [1.807, 2.05) is 18.2 Å². The van der Waals surface area contributed by atoms with E-state index in [4.69, 9.17) is 8.92 Å². The molecule has 0 aliphatic heterocycles. The number of rotatable bonds is 7. The Morgan fingerprint density at radius 2 is 1.75 bits per heavy atom. The second-order valence-electron chi connectivity index (χ2n) is 4.80. The summed E-state index contributed by atoms with van der Waals surface area (Å²) in [5.41, 5.74) is 1.27. The van der Waals surface area contributed by atoms with E-state index < -0.39 is 10.1 Å². The third kappa shape index (κ3) is 5.86. The van der Waals surface area contributed by atoms with Crippen LogP contribution in [-0.4, -0.2) is 28.0 Å². The van der Waals surface area contributed by atoms with Gasteiger partial charge in [-0.2, -0.15) is 8.42 Å². The van der Waals surface area contributed by atoms with Gasteiger partial charge in [-0.1, -0.05) is 30.3 Å². The first-order chi connectivity index (χ1) is 11.5. The molecule has 1 N–H and O–H groups in total. The van der Waals surface area contributed by atoms with Gasteiger partial charge in [0.15, 0.2) is 0 Å². The quantitative estimate of drug-likeness (QED) is 0.779. The van der Waals surface area contributed by atoms with Crippen molar-refractivity contribution in [3.8, 4) is 5.75 Å². The summed E-state index contributed by atoms with van der Waals surface area (Å²) < 4.78 is 33.5. The van der Waals surface area contributed by atoms with E-state index in [1.165, 1.54) is 25.3 Å². The van der Waals surface area contributed by atoms with Crippen LogP contribution >= 0.6 is 0 Å². The van der Waals surface area contributed by atoms with Crippen molar-refractivity contribution in [2.24, 2.45) is 0 Å². The number of benzene rings is 2. The first-order valence-corrected chi connectivity index (χ1v) is 8.52. The molecule has 0 radical (unpaired) electrons. The minimum Gasteiger partial charge on any atom is -0.379 e. The van der Waals surface area contributed by atoms with Crippen LogP contribution in [0.1, 0.15) is 5.56 Å². The van der Waals surface area contributed by atoms with E-state index >= 15 is 0 Å². The van der Waals surface area contributed by atoms with E-state index in [2.05, 4.69) is 5.32 Å². The largest absolute Gasteiger partial charge is 0.379 e. The lowest BCUT2D eigenvalue weighted by Gasteiger charge is -2.06. The molecule has 7 heteroatoms. The maximum Gasteiger partial charge on any atom is 0.332 e. The number of carbonyl (C=O) groups is 1. The second-order valence-corrected chi connectivity index (χ2v) is 6.22. The lowest BCUT2D eigenvalue weighted by atomic mass is 10.2. The normalized spacial score (nSPS) is 11.4. The Morgan fingerprint density at radius 3 is 2.38 bits per heavy atom. The number of methoxy groups -OCH3 is 1. The summed E-state index contributed by atoms with van der Waals surface area (Å²) >= 11 is 0. The van der Waals surface area contributed by atoms with Crippen molar-refractivity contribution in [2.75, 3.05) is 19.0 Å². The molecule has 0 bridgehead atoms. The van der Waals surface area contributed by atoms with E-state index in [9.17, 15) is 13.2 Å². The minimum atomic E-state index is -3.87. The molecule has 2 aromatic carbocycles. The smallest absolute Gasteiger partial charge is 0.332 e. The van der Waals surface area contributed by atoms with E-state index in [-0.39, 0.29) is 18.3 Å². The Labute approximate surface area is 140 Å². The number of nitrogens with one attached hydrogen (secondary N) is 1. The molecule has 0 aliphatic carbocycles. The van der Waals surface area contributed by atoms with Crippen LogP contribution in [-0.2, 0) is 19.6 Å². The standard InChI is InChI=1S/C17H17NO5S/c1-22-13-17(19)18-15-7-9-16(10-8-15)23-24(20,21)12-11-14-5-3-2-4-6-14/h2-12H,13H2,1H3,(H,18,19)/b12-11+. The first kappa shape index (κ1) is 17.7. The molecule has 6 nitrogen and oxygen atoms in total. The number of hydrogen-bond acceptors (Lipinski definition) is 5. The number of anilines is 1. The fourth-order valence-electron chi connectivity index (χ4n) is 1.81. The summed E-state index contributed by atoms with van der Waals surface area (Å²) in [7, 11) is -2.44. The van der Waals surface area contributed by atoms with Gasteiger partial charge in [0.2, 0.25) is 5.91 Å². The Morgan fingerprint density at radius 1 is 1.08 bits per heavy atom. The van der Waals surface area contributed by atoms with Crippen LogP contribution in [0.5, 0.6) is 5.75 Å². The average molecular weight is 347 g/mol. The van der Waals surface area contributed by atoms with Gasteiger partial charge in [-0.05, 0) is 35.9 Å². The van der Waals surface area contributed by atoms with Gasteiger partial charge in [-0.25, -0.2) is 0 Å². The third-order valence-corrected chi connectivity index (χ3v) is 3.75. The molecule has 2 aromatic rings. The summed E-state index contributed by atoms with van der Waals surface area (Å²) in [4.78, 5) is 11.4. The lowest BCUT2D eigenvalue weighted by Crippen LogP contribution is -2.16. The summed E-state index contributed by atoms with van der Waals surface area (Å²) in [5, 5.41) is 3.59. The summed E-state index contributed by atoms with van der Waals surface area (Å²) in [6.45, 7) is -0.0586. The Balaban J connectivity index is 1.99. The summed E-state index contributed by atoms with van der Waals surface area (Å²) in [5.74, 6) is -0.151. The Hall–Kier alpha value is -2.64. The van der Waals surface area contributed by atoms with Gasteiger partial charge in [-0.3, -0.25) is 4.79 Å². The maximum absolute atomic E-state index is 11.9. The first-order valence-electron chi connectivity index (χ1n) is 7.05. The Bertz CT molecular complexity index is 799. The van der Waals surface area contributed by atoms with Crippen molar-refractivity contribution in [3.63, 3.8) is 0 Å². The monoisotopic (exact) mass is 347 g/mol. The highest BCUT2D eigenvalue weighted by Gasteiger charge is 2.08. The van der Waals surface area contributed by atoms with Gasteiger partial charge in [0.25, 0.3) is 0 Å². The topological polar surface area (TPSA) is 81.7 Å². The summed E-state index contributed by atoms with van der Waals surface area (Å²) in [6, 6.07) is 15.0. The summed E-state index contributed by atoms with van der Waals surface area (Å²) in [6.07, 6.45) is 1.45. The molecule has 0 spiro atoms. The van der Waals surface area contributed by atoms with Crippen LogP contribution in [0, 0.1) is 0 Å². The van der Waals surface area contributed by atoms with Gasteiger partial charge in [-0.15, -0.1) is 0 Å². The molecule has 0 saturated carbocycles. The molecule has 24 heavy (non-hydrogen) atoms. The van der Waals surface area contributed by atoms with Gasteiger partial charge < -0.3 is 14.2 Å². The molecule has 0 aliphatic rings. The van der Waals surface area contributed by atoms with Gasteiger partial charge in [0.05, 0.1) is 5.41 Å². The Kier molecular flexibility index (Phi) is 6.11. The van der Waals surface area contributed by atoms with Gasteiger partial charge in [0, 0.05) is 12.8 Å². The van der Waals surface area contributed by atoms with Crippen molar-refractivity contribution in [3.05, 3.63) is 65.6 Å². The third-order valence-electron chi connectivity index (χ3n) is 2.85. The zero-order chi connectivity index (χ0) is 17.4.